The fourth-order valence-corrected chi connectivity index (χ4v) is 2.56. The van der Waals surface area contributed by atoms with Crippen LogP contribution in [0.25, 0.3) is 0 Å². The summed E-state index contributed by atoms with van der Waals surface area (Å²) in [6.45, 7) is 1.88. The van der Waals surface area contributed by atoms with Gasteiger partial charge in [0.15, 0.2) is 0 Å². The molecule has 1 N–H and O–H groups in total. The number of carbonyl (C=O) groups is 2. The van der Waals surface area contributed by atoms with Crippen LogP contribution < -0.4 is 14.8 Å². The summed E-state index contributed by atoms with van der Waals surface area (Å²) in [6, 6.07) is 10.1. The minimum absolute atomic E-state index is 0.159. The Morgan fingerprint density at radius 1 is 0.960 bits per heavy atom. The molecular formula is C19H21NO5. The van der Waals surface area contributed by atoms with Gasteiger partial charge in [0.25, 0.3) is 0 Å². The lowest BCUT2D eigenvalue weighted by Gasteiger charge is -2.14. The smallest absolute Gasteiger partial charge is 0.337 e. The molecule has 0 fully saturated rings. The lowest BCUT2D eigenvalue weighted by Crippen LogP contribution is -2.15. The number of benzene rings is 2. The number of esters is 1. The van der Waals surface area contributed by atoms with Crippen LogP contribution in [0.1, 0.15) is 21.5 Å². The van der Waals surface area contributed by atoms with Gasteiger partial charge in [-0.05, 0) is 37.3 Å². The highest BCUT2D eigenvalue weighted by Gasteiger charge is 2.14. The lowest BCUT2D eigenvalue weighted by atomic mass is 10.1. The van der Waals surface area contributed by atoms with E-state index >= 15 is 0 Å². The van der Waals surface area contributed by atoms with E-state index in [4.69, 9.17) is 9.47 Å². The zero-order valence-electron chi connectivity index (χ0n) is 14.7. The molecule has 0 aliphatic carbocycles. The van der Waals surface area contributed by atoms with Crippen molar-refractivity contribution in [2.45, 2.75) is 13.3 Å². The third-order valence-electron chi connectivity index (χ3n) is 3.80. The summed E-state index contributed by atoms with van der Waals surface area (Å²) in [5, 5.41) is 2.80. The summed E-state index contributed by atoms with van der Waals surface area (Å²) in [6.07, 6.45) is 0.159. The predicted molar refractivity (Wildman–Crippen MR) is 94.4 cm³/mol. The molecule has 0 unspecified atom stereocenters. The summed E-state index contributed by atoms with van der Waals surface area (Å²) in [7, 11) is 4.48. The lowest BCUT2D eigenvalue weighted by molar-refractivity contribution is -0.115. The van der Waals surface area contributed by atoms with Crippen LogP contribution >= 0.6 is 0 Å². The zero-order valence-corrected chi connectivity index (χ0v) is 14.7. The van der Waals surface area contributed by atoms with Gasteiger partial charge in [0.2, 0.25) is 5.91 Å². The Labute approximate surface area is 146 Å². The van der Waals surface area contributed by atoms with E-state index < -0.39 is 5.97 Å². The number of methoxy groups -OCH3 is 3. The monoisotopic (exact) mass is 343 g/mol. The number of carbonyl (C=O) groups excluding carboxylic acids is 2. The van der Waals surface area contributed by atoms with Crippen molar-refractivity contribution in [1.29, 1.82) is 0 Å². The minimum Gasteiger partial charge on any atom is -0.496 e. The first kappa shape index (κ1) is 18.3. The summed E-state index contributed by atoms with van der Waals surface area (Å²) in [5.74, 6) is 0.736. The van der Waals surface area contributed by atoms with Gasteiger partial charge in [-0.3, -0.25) is 4.79 Å². The van der Waals surface area contributed by atoms with E-state index in [0.29, 0.717) is 22.7 Å². The van der Waals surface area contributed by atoms with Crippen molar-refractivity contribution < 1.29 is 23.8 Å². The molecule has 0 heterocycles. The third kappa shape index (κ3) is 4.29. The second-order valence-corrected chi connectivity index (χ2v) is 5.38. The molecule has 25 heavy (non-hydrogen) atoms. The highest BCUT2D eigenvalue weighted by atomic mass is 16.5. The maximum Gasteiger partial charge on any atom is 0.337 e. The molecule has 6 nitrogen and oxygen atoms in total. The molecule has 0 saturated carbocycles. The van der Waals surface area contributed by atoms with Crippen molar-refractivity contribution in [2.24, 2.45) is 0 Å². The normalized spacial score (nSPS) is 10.1. The van der Waals surface area contributed by atoms with Gasteiger partial charge in [-0.2, -0.15) is 0 Å². The molecule has 0 bridgehead atoms. The summed E-state index contributed by atoms with van der Waals surface area (Å²) >= 11 is 0. The molecule has 0 aliphatic heterocycles. The van der Waals surface area contributed by atoms with Crippen LogP contribution in [0.5, 0.6) is 11.5 Å². The summed E-state index contributed by atoms with van der Waals surface area (Å²) in [5.41, 5.74) is 2.64. The standard InChI is InChI=1S/C19H21NO5/c1-12-16(23-2)10-7-14(18(12)24-3)11-17(21)20-15-8-5-13(6-9-15)19(22)25-4/h5-10H,11H2,1-4H3,(H,20,21). The van der Waals surface area contributed by atoms with Crippen molar-refractivity contribution >= 4 is 17.6 Å². The number of rotatable bonds is 6. The Hall–Kier alpha value is -3.02. The average molecular weight is 343 g/mol. The van der Waals surface area contributed by atoms with Crippen molar-refractivity contribution in [3.05, 3.63) is 53.1 Å². The first-order valence-corrected chi connectivity index (χ1v) is 7.68. The van der Waals surface area contributed by atoms with E-state index in [1.165, 1.54) is 7.11 Å². The minimum atomic E-state index is -0.420. The highest BCUT2D eigenvalue weighted by molar-refractivity contribution is 5.94. The first-order valence-electron chi connectivity index (χ1n) is 7.68. The van der Waals surface area contributed by atoms with E-state index in [1.54, 1.807) is 38.5 Å². The molecule has 0 atom stereocenters. The molecule has 1 amide bonds. The Kier molecular flexibility index (Phi) is 6.00. The average Bonchev–Trinajstić information content (AvgIpc) is 2.62. The highest BCUT2D eigenvalue weighted by Crippen LogP contribution is 2.31. The Morgan fingerprint density at radius 2 is 1.64 bits per heavy atom. The third-order valence-corrected chi connectivity index (χ3v) is 3.80. The van der Waals surface area contributed by atoms with E-state index in [9.17, 15) is 9.59 Å². The van der Waals surface area contributed by atoms with Crippen molar-refractivity contribution in [3.63, 3.8) is 0 Å². The van der Waals surface area contributed by atoms with Gasteiger partial charge < -0.3 is 19.5 Å². The fourth-order valence-electron chi connectivity index (χ4n) is 2.56. The van der Waals surface area contributed by atoms with E-state index in [-0.39, 0.29) is 12.3 Å². The van der Waals surface area contributed by atoms with E-state index in [1.807, 2.05) is 19.1 Å². The zero-order chi connectivity index (χ0) is 18.4. The van der Waals surface area contributed by atoms with Crippen molar-refractivity contribution in [3.8, 4) is 11.5 Å². The van der Waals surface area contributed by atoms with Crippen LogP contribution in [-0.2, 0) is 16.0 Å². The van der Waals surface area contributed by atoms with Crippen LogP contribution in [0.2, 0.25) is 0 Å². The van der Waals surface area contributed by atoms with Crippen LogP contribution in [-0.4, -0.2) is 33.2 Å². The number of hydrogen-bond donors (Lipinski definition) is 1. The maximum atomic E-state index is 12.3. The molecular weight excluding hydrogens is 322 g/mol. The Bertz CT molecular complexity index is 768. The molecule has 132 valence electrons. The fraction of sp³-hybridized carbons (Fsp3) is 0.263. The number of nitrogens with one attached hydrogen (secondary N) is 1. The van der Waals surface area contributed by atoms with Gasteiger partial charge in [0, 0.05) is 16.8 Å². The van der Waals surface area contributed by atoms with Gasteiger partial charge in [0.05, 0.1) is 33.3 Å². The van der Waals surface area contributed by atoms with E-state index in [0.717, 1.165) is 11.1 Å². The summed E-state index contributed by atoms with van der Waals surface area (Å²) in [4.78, 5) is 23.7. The van der Waals surface area contributed by atoms with Crippen LogP contribution in [0.4, 0.5) is 5.69 Å². The molecule has 0 aromatic heterocycles. The number of anilines is 1. The number of ether oxygens (including phenoxy) is 3. The largest absolute Gasteiger partial charge is 0.496 e. The van der Waals surface area contributed by atoms with Gasteiger partial charge in [0.1, 0.15) is 11.5 Å². The van der Waals surface area contributed by atoms with Crippen molar-refractivity contribution in [2.75, 3.05) is 26.6 Å². The van der Waals surface area contributed by atoms with Gasteiger partial charge in [-0.1, -0.05) is 6.07 Å². The van der Waals surface area contributed by atoms with Crippen LogP contribution in [0.15, 0.2) is 36.4 Å². The van der Waals surface area contributed by atoms with Crippen LogP contribution in [0, 0.1) is 6.92 Å². The Balaban J connectivity index is 2.10. The van der Waals surface area contributed by atoms with Crippen molar-refractivity contribution in [1.82, 2.24) is 0 Å². The topological polar surface area (TPSA) is 73.9 Å². The molecule has 0 spiro atoms. The maximum absolute atomic E-state index is 12.3. The second-order valence-electron chi connectivity index (χ2n) is 5.38. The van der Waals surface area contributed by atoms with Gasteiger partial charge >= 0.3 is 5.97 Å². The van der Waals surface area contributed by atoms with Crippen LogP contribution in [0.3, 0.4) is 0 Å². The number of hydrogen-bond acceptors (Lipinski definition) is 5. The molecule has 0 radical (unpaired) electrons. The molecule has 0 aliphatic rings. The molecule has 2 aromatic rings. The SMILES string of the molecule is COC(=O)c1ccc(NC(=O)Cc2ccc(OC)c(C)c2OC)cc1. The molecule has 6 heteroatoms. The first-order chi connectivity index (χ1) is 12.0. The quantitative estimate of drug-likeness (QED) is 0.816. The van der Waals surface area contributed by atoms with Gasteiger partial charge in [-0.15, -0.1) is 0 Å². The van der Waals surface area contributed by atoms with E-state index in [2.05, 4.69) is 10.1 Å². The van der Waals surface area contributed by atoms with Gasteiger partial charge in [-0.25, -0.2) is 4.79 Å². The predicted octanol–water partition coefficient (Wildman–Crippen LogP) is 2.98. The Morgan fingerprint density at radius 3 is 2.20 bits per heavy atom. The molecule has 2 rings (SSSR count). The number of amides is 1. The summed E-state index contributed by atoms with van der Waals surface area (Å²) < 4.78 is 15.3. The second kappa shape index (κ2) is 8.19. The molecule has 0 saturated heterocycles. The molecule has 2 aromatic carbocycles.